The number of phenolic OH excluding ortho intramolecular Hbond substituents is 4. The van der Waals surface area contributed by atoms with Crippen molar-refractivity contribution in [2.45, 2.75) is 37.5 Å². The topological polar surface area (TPSA) is 134 Å². The molecule has 0 aliphatic heterocycles. The molecule has 8 rings (SSSR count). The SMILES string of the molecule is O=C(OP(CCCCP(Cc1cc(O)c2ccccc2c1O)(OC(=O)C(F)(F)F)(c1ccccc1)c1ccccc1)(Cc1cc(O)c2ccccc2c1O)(c1ccccc1)c1ccccc1)C(F)(F)F. The number of unbranched alkanes of at least 4 members (excludes halogenated alkanes) is 1. The van der Waals surface area contributed by atoms with Gasteiger partial charge in [0.2, 0.25) is 0 Å². The van der Waals surface area contributed by atoms with E-state index in [0.29, 0.717) is 0 Å². The summed E-state index contributed by atoms with van der Waals surface area (Å²) in [6.45, 7) is -10.7. The van der Waals surface area contributed by atoms with Gasteiger partial charge in [-0.1, -0.05) is 0 Å². The Morgan fingerprint density at radius 2 is 0.657 bits per heavy atom. The van der Waals surface area contributed by atoms with Crippen LogP contribution < -0.4 is 21.2 Å². The molecule has 0 saturated carbocycles. The zero-order chi connectivity index (χ0) is 50.0. The number of fused-ring (bicyclic) bond motifs is 2. The number of rotatable bonds is 15. The first-order chi connectivity index (χ1) is 33.3. The van der Waals surface area contributed by atoms with Gasteiger partial charge in [-0.15, -0.1) is 0 Å². The second-order valence-corrected chi connectivity index (χ2v) is 26.9. The number of carbonyl (C=O) groups excluding carboxylic acids is 2. The van der Waals surface area contributed by atoms with Crippen molar-refractivity contribution in [1.29, 1.82) is 0 Å². The molecule has 0 spiro atoms. The molecule has 0 radical (unpaired) electrons. The van der Waals surface area contributed by atoms with Crippen molar-refractivity contribution in [3.8, 4) is 23.0 Å². The Bertz CT molecular complexity index is 2910. The molecular weight excluding hydrogens is 953 g/mol. The molecule has 0 aromatic heterocycles. The van der Waals surface area contributed by atoms with E-state index in [1.165, 1.54) is 72.8 Å². The van der Waals surface area contributed by atoms with Crippen LogP contribution in [0.3, 0.4) is 0 Å². The molecular formula is C54H46F6O8P2. The summed E-state index contributed by atoms with van der Waals surface area (Å²) in [5.74, 6) is -6.51. The van der Waals surface area contributed by atoms with E-state index in [2.05, 4.69) is 0 Å². The quantitative estimate of drug-likeness (QED) is 0.0345. The molecule has 16 heteroatoms. The molecule has 362 valence electrons. The van der Waals surface area contributed by atoms with Gasteiger partial charge in [-0.25, -0.2) is 0 Å². The number of aromatic hydroxyl groups is 4. The van der Waals surface area contributed by atoms with Gasteiger partial charge in [-0.3, -0.25) is 0 Å². The number of hydrogen-bond acceptors (Lipinski definition) is 8. The van der Waals surface area contributed by atoms with Crippen molar-refractivity contribution < 1.29 is 65.4 Å². The summed E-state index contributed by atoms with van der Waals surface area (Å²) in [5.41, 5.74) is -0.120. The number of phenols is 4. The average molecular weight is 999 g/mol. The molecule has 0 saturated heterocycles. The van der Waals surface area contributed by atoms with Gasteiger partial charge in [0, 0.05) is 0 Å². The van der Waals surface area contributed by atoms with Crippen molar-refractivity contribution in [1.82, 2.24) is 0 Å². The van der Waals surface area contributed by atoms with E-state index in [1.54, 1.807) is 109 Å². The number of hydrogen-bond donors (Lipinski definition) is 4. The van der Waals surface area contributed by atoms with Gasteiger partial charge in [-0.05, 0) is 0 Å². The number of carbonyl (C=O) groups is 2. The first kappa shape index (κ1) is 49.3. The van der Waals surface area contributed by atoms with Crippen LogP contribution in [-0.4, -0.2) is 57.0 Å². The molecule has 0 aliphatic carbocycles. The van der Waals surface area contributed by atoms with E-state index in [9.17, 15) is 56.4 Å². The van der Waals surface area contributed by atoms with Crippen molar-refractivity contribution in [2.24, 2.45) is 0 Å². The van der Waals surface area contributed by atoms with Gasteiger partial charge in [0.25, 0.3) is 0 Å². The Balaban J connectivity index is 1.39. The third-order valence-corrected chi connectivity index (χ3v) is 24.9. The fraction of sp³-hybridized carbons (Fsp3) is 0.148. The zero-order valence-corrected chi connectivity index (χ0v) is 38.9. The van der Waals surface area contributed by atoms with E-state index >= 15 is 0 Å². The van der Waals surface area contributed by atoms with Crippen LogP contribution in [0, 0.1) is 0 Å². The number of alkyl halides is 6. The molecule has 8 aromatic rings. The Morgan fingerprint density at radius 1 is 0.400 bits per heavy atom. The molecule has 0 aliphatic rings. The monoisotopic (exact) mass is 998 g/mol. The normalized spacial score (nSPS) is 13.5. The van der Waals surface area contributed by atoms with Crippen LogP contribution in [0.2, 0.25) is 0 Å². The summed E-state index contributed by atoms with van der Waals surface area (Å²) >= 11 is 0. The molecule has 70 heavy (non-hydrogen) atoms. The van der Waals surface area contributed by atoms with Crippen LogP contribution >= 0.6 is 13.7 Å². The van der Waals surface area contributed by atoms with Crippen LogP contribution in [0.5, 0.6) is 23.0 Å². The summed E-state index contributed by atoms with van der Waals surface area (Å²) in [6, 6.07) is 46.0. The Morgan fingerprint density at radius 3 is 0.929 bits per heavy atom. The predicted molar refractivity (Wildman–Crippen MR) is 263 cm³/mol. The summed E-state index contributed by atoms with van der Waals surface area (Å²) in [7, 11) is 0. The Kier molecular flexibility index (Phi) is 13.1. The molecule has 0 fully saturated rings. The van der Waals surface area contributed by atoms with Gasteiger partial charge in [0.1, 0.15) is 0 Å². The van der Waals surface area contributed by atoms with Gasteiger partial charge in [-0.2, -0.15) is 0 Å². The number of benzene rings is 8. The van der Waals surface area contributed by atoms with Gasteiger partial charge in [0.15, 0.2) is 0 Å². The summed E-state index contributed by atoms with van der Waals surface area (Å²) < 4.78 is 102. The van der Waals surface area contributed by atoms with Crippen molar-refractivity contribution in [3.05, 3.63) is 193 Å². The Hall–Kier alpha value is -7.14. The third kappa shape index (κ3) is 8.75. The van der Waals surface area contributed by atoms with Crippen molar-refractivity contribution >= 4 is 68.4 Å². The number of halogens is 6. The predicted octanol–water partition coefficient (Wildman–Crippen LogP) is 11.7. The fourth-order valence-electron chi connectivity index (χ4n) is 9.95. The fourth-order valence-corrected chi connectivity index (χ4v) is 21.5. The van der Waals surface area contributed by atoms with Gasteiger partial charge < -0.3 is 0 Å². The molecule has 0 atom stereocenters. The van der Waals surface area contributed by atoms with Crippen LogP contribution in [0.15, 0.2) is 182 Å². The molecule has 0 amide bonds. The minimum atomic E-state index is -5.55. The minimum absolute atomic E-state index is 0.0598. The first-order valence-corrected chi connectivity index (χ1v) is 27.1. The molecule has 8 aromatic carbocycles. The van der Waals surface area contributed by atoms with Crippen LogP contribution in [-0.2, 0) is 31.0 Å². The van der Waals surface area contributed by atoms with E-state index in [-0.39, 0.29) is 78.2 Å². The zero-order valence-electron chi connectivity index (χ0n) is 37.1. The second-order valence-electron chi connectivity index (χ2n) is 17.3. The Labute approximate surface area is 398 Å². The van der Waals surface area contributed by atoms with E-state index < -0.39 is 74.1 Å². The van der Waals surface area contributed by atoms with E-state index in [4.69, 9.17) is 9.05 Å². The molecule has 0 unspecified atom stereocenters. The van der Waals surface area contributed by atoms with Crippen LogP contribution in [0.25, 0.3) is 21.5 Å². The summed E-state index contributed by atoms with van der Waals surface area (Å²) in [4.78, 5) is 27.5. The summed E-state index contributed by atoms with van der Waals surface area (Å²) in [6.07, 6.45) is -13.5. The molecule has 8 nitrogen and oxygen atoms in total. The van der Waals surface area contributed by atoms with Crippen molar-refractivity contribution in [2.75, 3.05) is 12.3 Å². The molecule has 0 bridgehead atoms. The average Bonchev–Trinajstić information content (AvgIpc) is 3.36. The van der Waals surface area contributed by atoms with Crippen LogP contribution in [0.1, 0.15) is 24.0 Å². The third-order valence-electron chi connectivity index (χ3n) is 13.2. The maximum atomic E-state index is 14.9. The van der Waals surface area contributed by atoms with Gasteiger partial charge >= 0.3 is 400 Å². The maximum absolute atomic E-state index is 14.9. The molecule has 4 N–H and O–H groups in total. The van der Waals surface area contributed by atoms with E-state index in [1.807, 2.05) is 0 Å². The summed E-state index contributed by atoms with van der Waals surface area (Å²) in [5, 5.41) is 48.1. The van der Waals surface area contributed by atoms with Gasteiger partial charge in [0.05, 0.1) is 0 Å². The van der Waals surface area contributed by atoms with Crippen molar-refractivity contribution in [3.63, 3.8) is 0 Å². The second kappa shape index (κ2) is 18.6. The molecule has 0 heterocycles. The van der Waals surface area contributed by atoms with Crippen LogP contribution in [0.4, 0.5) is 26.3 Å². The van der Waals surface area contributed by atoms with E-state index in [0.717, 1.165) is 0 Å². The standard InChI is InChI=1S/C54H46F6O8P2/c55-53(56,57)51(65)67-69(39-19-5-1-6-20-39,40-21-7-2-8-22-40,35-37-33-47(61)43-27-13-15-29-45(43)49(37)63)31-17-18-32-70(41-23-9-3-10-24-41,42-25-11-4-12-26-42,68-52(66)54(58,59)60)36-38-34-48(62)44-28-14-16-30-46(44)50(38)64/h1-16,19-30,33-34,61-64H,17-18,31-32,35-36H2. The first-order valence-electron chi connectivity index (χ1n) is 22.0.